The van der Waals surface area contributed by atoms with Gasteiger partial charge in [0, 0.05) is 13.1 Å². The molecule has 1 fully saturated rings. The Kier molecular flexibility index (Phi) is 12.0. The SMILES string of the molecule is CN[C@@H](C)C(=O)N[C@H](C(=O)N1CCC[C@H]1C(=O)NNCc1ccccc1)C(C)C.O=CO. The second kappa shape index (κ2) is 14.2. The highest BCUT2D eigenvalue weighted by Gasteiger charge is 2.38. The molecule has 0 radical (unpaired) electrons. The minimum atomic E-state index is -0.663. The number of carbonyl (C=O) groups excluding carboxylic acids is 3. The Hall–Kier alpha value is -2.98. The molecule has 1 aromatic carbocycles. The maximum Gasteiger partial charge on any atom is 0.290 e. The summed E-state index contributed by atoms with van der Waals surface area (Å²) in [6.07, 6.45) is 1.37. The van der Waals surface area contributed by atoms with Gasteiger partial charge in [-0.05, 0) is 38.3 Å². The molecule has 0 aromatic heterocycles. The van der Waals surface area contributed by atoms with Crippen molar-refractivity contribution in [2.45, 2.75) is 58.3 Å². The Balaban J connectivity index is 0.00000161. The second-order valence-corrected chi connectivity index (χ2v) is 7.86. The highest BCUT2D eigenvalue weighted by atomic mass is 16.3. The van der Waals surface area contributed by atoms with Gasteiger partial charge in [-0.25, -0.2) is 5.43 Å². The highest BCUT2D eigenvalue weighted by molar-refractivity contribution is 5.93. The third kappa shape index (κ3) is 8.27. The van der Waals surface area contributed by atoms with E-state index in [1.807, 2.05) is 44.2 Å². The van der Waals surface area contributed by atoms with E-state index in [0.717, 1.165) is 12.0 Å². The minimum Gasteiger partial charge on any atom is -0.483 e. The van der Waals surface area contributed by atoms with Gasteiger partial charge in [-0.2, -0.15) is 0 Å². The number of hydrogen-bond acceptors (Lipinski definition) is 6. The molecule has 0 aliphatic carbocycles. The van der Waals surface area contributed by atoms with Crippen molar-refractivity contribution < 1.29 is 24.3 Å². The zero-order valence-corrected chi connectivity index (χ0v) is 19.1. The van der Waals surface area contributed by atoms with Gasteiger partial charge in [0.15, 0.2) is 0 Å². The predicted molar refractivity (Wildman–Crippen MR) is 120 cm³/mol. The number of nitrogens with one attached hydrogen (secondary N) is 4. The van der Waals surface area contributed by atoms with Gasteiger partial charge in [-0.3, -0.25) is 24.6 Å². The minimum absolute atomic E-state index is 0.0870. The zero-order valence-electron chi connectivity index (χ0n) is 19.1. The summed E-state index contributed by atoms with van der Waals surface area (Å²) in [5.41, 5.74) is 6.69. The van der Waals surface area contributed by atoms with Crippen LogP contribution >= 0.6 is 0 Å². The smallest absolute Gasteiger partial charge is 0.290 e. The van der Waals surface area contributed by atoms with Crippen LogP contribution in [0.3, 0.4) is 0 Å². The molecule has 1 aliphatic rings. The molecule has 1 aliphatic heterocycles. The molecule has 10 nitrogen and oxygen atoms in total. The molecule has 0 unspecified atom stereocenters. The summed E-state index contributed by atoms with van der Waals surface area (Å²) in [7, 11) is 1.69. The summed E-state index contributed by atoms with van der Waals surface area (Å²) in [4.78, 5) is 48.0. The average Bonchev–Trinajstić information content (AvgIpc) is 3.27. The first kappa shape index (κ1) is 27.1. The van der Waals surface area contributed by atoms with Gasteiger partial charge in [0.25, 0.3) is 12.4 Å². The second-order valence-electron chi connectivity index (χ2n) is 7.86. The molecule has 0 saturated carbocycles. The molecule has 3 amide bonds. The van der Waals surface area contributed by atoms with E-state index in [1.54, 1.807) is 18.9 Å². The molecular weight excluding hydrogens is 414 g/mol. The maximum absolute atomic E-state index is 13.1. The van der Waals surface area contributed by atoms with Crippen LogP contribution in [-0.2, 0) is 25.7 Å². The number of rotatable bonds is 9. The van der Waals surface area contributed by atoms with E-state index < -0.39 is 18.1 Å². The Morgan fingerprint density at radius 3 is 2.38 bits per heavy atom. The van der Waals surface area contributed by atoms with Gasteiger partial charge in [0.05, 0.1) is 6.04 Å². The molecule has 1 heterocycles. The molecule has 1 aromatic rings. The quantitative estimate of drug-likeness (QED) is 0.269. The van der Waals surface area contributed by atoms with E-state index in [-0.39, 0.29) is 30.1 Å². The molecule has 1 saturated heterocycles. The molecule has 10 heteroatoms. The Morgan fingerprint density at radius 2 is 1.81 bits per heavy atom. The fraction of sp³-hybridized carbons (Fsp3) is 0.545. The van der Waals surface area contributed by atoms with Crippen LogP contribution in [0.15, 0.2) is 30.3 Å². The number of likely N-dealkylation sites (tertiary alicyclic amines) is 1. The van der Waals surface area contributed by atoms with Crippen LogP contribution in [-0.4, -0.2) is 65.9 Å². The normalized spacial score (nSPS) is 17.0. The zero-order chi connectivity index (χ0) is 24.1. The van der Waals surface area contributed by atoms with E-state index >= 15 is 0 Å². The lowest BCUT2D eigenvalue weighted by Gasteiger charge is -2.31. The van der Waals surface area contributed by atoms with Gasteiger partial charge >= 0.3 is 0 Å². The van der Waals surface area contributed by atoms with Crippen LogP contribution in [0.25, 0.3) is 0 Å². The molecule has 178 valence electrons. The molecule has 32 heavy (non-hydrogen) atoms. The number of carbonyl (C=O) groups is 4. The number of amides is 3. The lowest BCUT2D eigenvalue weighted by atomic mass is 10.0. The number of hydrogen-bond donors (Lipinski definition) is 5. The van der Waals surface area contributed by atoms with Crippen LogP contribution in [0.1, 0.15) is 39.2 Å². The van der Waals surface area contributed by atoms with Crippen LogP contribution in [0.5, 0.6) is 0 Å². The highest BCUT2D eigenvalue weighted by Crippen LogP contribution is 2.20. The van der Waals surface area contributed by atoms with Gasteiger partial charge in [-0.15, -0.1) is 0 Å². The molecular formula is C22H35N5O5. The molecule has 3 atom stereocenters. The van der Waals surface area contributed by atoms with E-state index in [2.05, 4.69) is 21.5 Å². The summed E-state index contributed by atoms with van der Waals surface area (Å²) in [6.45, 7) is 6.27. The van der Waals surface area contributed by atoms with E-state index in [4.69, 9.17) is 9.90 Å². The average molecular weight is 450 g/mol. The van der Waals surface area contributed by atoms with Crippen molar-refractivity contribution in [3.05, 3.63) is 35.9 Å². The van der Waals surface area contributed by atoms with Crippen LogP contribution < -0.4 is 21.5 Å². The number of carboxylic acid groups (broad SMARTS) is 1. The standard InChI is InChI=1S/C21H33N5O3.CH2O2/c1-14(2)18(24-19(27)15(3)22-4)21(29)26-12-8-11-17(26)20(28)25-23-13-16-9-6-5-7-10-16;2-1-3/h5-7,9-10,14-15,17-18,22-23H,8,11-13H2,1-4H3,(H,24,27)(H,25,28);1H,(H,2,3)/t15-,17-,18-;/m0./s1. The topological polar surface area (TPSA) is 140 Å². The molecule has 0 bridgehead atoms. The third-order valence-corrected chi connectivity index (χ3v) is 5.24. The third-order valence-electron chi connectivity index (χ3n) is 5.24. The maximum atomic E-state index is 13.1. The number of likely N-dealkylation sites (N-methyl/N-ethyl adjacent to an activating group) is 1. The van der Waals surface area contributed by atoms with Crippen molar-refractivity contribution >= 4 is 24.2 Å². The van der Waals surface area contributed by atoms with Crippen molar-refractivity contribution in [3.8, 4) is 0 Å². The van der Waals surface area contributed by atoms with E-state index in [1.165, 1.54) is 0 Å². The lowest BCUT2D eigenvalue weighted by Crippen LogP contribution is -2.57. The molecule has 5 N–H and O–H groups in total. The van der Waals surface area contributed by atoms with Crippen LogP contribution in [0, 0.1) is 5.92 Å². The van der Waals surface area contributed by atoms with E-state index in [0.29, 0.717) is 19.5 Å². The summed E-state index contributed by atoms with van der Waals surface area (Å²) < 4.78 is 0. The molecule has 0 spiro atoms. The van der Waals surface area contributed by atoms with Gasteiger partial charge in [0.1, 0.15) is 12.1 Å². The summed E-state index contributed by atoms with van der Waals surface area (Å²) in [5, 5.41) is 12.6. The fourth-order valence-corrected chi connectivity index (χ4v) is 3.32. The Bertz CT molecular complexity index is 743. The Morgan fingerprint density at radius 1 is 1.19 bits per heavy atom. The summed E-state index contributed by atoms with van der Waals surface area (Å²) >= 11 is 0. The first-order chi connectivity index (χ1) is 15.3. The predicted octanol–water partition coefficient (Wildman–Crippen LogP) is 0.248. The van der Waals surface area contributed by atoms with Gasteiger partial charge in [0.2, 0.25) is 11.8 Å². The van der Waals surface area contributed by atoms with Crippen molar-refractivity contribution in [1.29, 1.82) is 0 Å². The van der Waals surface area contributed by atoms with Crippen LogP contribution in [0.4, 0.5) is 0 Å². The Labute approximate surface area is 189 Å². The van der Waals surface area contributed by atoms with Crippen molar-refractivity contribution in [2.24, 2.45) is 5.92 Å². The van der Waals surface area contributed by atoms with Crippen molar-refractivity contribution in [2.75, 3.05) is 13.6 Å². The van der Waals surface area contributed by atoms with Crippen molar-refractivity contribution in [3.63, 3.8) is 0 Å². The number of nitrogens with zero attached hydrogens (tertiary/aromatic N) is 1. The van der Waals surface area contributed by atoms with Crippen LogP contribution in [0.2, 0.25) is 0 Å². The lowest BCUT2D eigenvalue weighted by molar-refractivity contribution is -0.142. The largest absolute Gasteiger partial charge is 0.483 e. The monoisotopic (exact) mass is 449 g/mol. The van der Waals surface area contributed by atoms with Gasteiger partial charge in [-0.1, -0.05) is 44.2 Å². The fourth-order valence-electron chi connectivity index (χ4n) is 3.32. The van der Waals surface area contributed by atoms with E-state index in [9.17, 15) is 14.4 Å². The number of hydrazine groups is 1. The first-order valence-corrected chi connectivity index (χ1v) is 10.7. The number of benzene rings is 1. The van der Waals surface area contributed by atoms with Crippen molar-refractivity contribution in [1.82, 2.24) is 26.4 Å². The summed E-state index contributed by atoms with van der Waals surface area (Å²) in [5.74, 6) is -0.762. The first-order valence-electron chi connectivity index (χ1n) is 10.7. The van der Waals surface area contributed by atoms with Gasteiger partial charge < -0.3 is 20.6 Å². The summed E-state index contributed by atoms with van der Waals surface area (Å²) in [6, 6.07) is 8.14. The molecule has 2 rings (SSSR count).